The highest BCUT2D eigenvalue weighted by Crippen LogP contribution is 2.25. The van der Waals surface area contributed by atoms with Crippen molar-refractivity contribution in [1.82, 2.24) is 19.6 Å². The molecule has 2 aromatic carbocycles. The molecule has 0 fully saturated rings. The summed E-state index contributed by atoms with van der Waals surface area (Å²) in [5.74, 6) is 0.606. The highest BCUT2D eigenvalue weighted by atomic mass is 79.9. The molecule has 0 saturated carbocycles. The Bertz CT molecular complexity index is 1250. The number of anilines is 2. The number of hydrogen-bond donors (Lipinski definition) is 2. The van der Waals surface area contributed by atoms with Crippen LogP contribution in [0.1, 0.15) is 16.7 Å². The van der Waals surface area contributed by atoms with E-state index in [0.29, 0.717) is 34.1 Å². The lowest BCUT2D eigenvalue weighted by atomic mass is 10.1. The minimum Gasteiger partial charge on any atom is -0.330 e. The first-order chi connectivity index (χ1) is 15.4. The predicted octanol–water partition coefficient (Wildman–Crippen LogP) is 6.36. The van der Waals surface area contributed by atoms with Crippen molar-refractivity contribution >= 4 is 68.0 Å². The molecular formula is C22H19BrCl2N6S. The lowest BCUT2D eigenvalue weighted by Gasteiger charge is -2.07. The van der Waals surface area contributed by atoms with E-state index in [0.717, 1.165) is 15.7 Å². The Morgan fingerprint density at radius 3 is 2.44 bits per heavy atom. The third kappa shape index (κ3) is 5.89. The van der Waals surface area contributed by atoms with Crippen LogP contribution in [0, 0.1) is 6.92 Å². The Kier molecular flexibility index (Phi) is 7.15. The lowest BCUT2D eigenvalue weighted by molar-refractivity contribution is 0.687. The Morgan fingerprint density at radius 1 is 0.969 bits per heavy atom. The van der Waals surface area contributed by atoms with Gasteiger partial charge in [-0.25, -0.2) is 0 Å². The number of hydrogen-bond acceptors (Lipinski definition) is 3. The number of halogens is 3. The van der Waals surface area contributed by atoms with Gasteiger partial charge in [-0.05, 0) is 58.3 Å². The molecule has 0 aliphatic rings. The molecule has 0 aliphatic heterocycles. The molecule has 0 aliphatic carbocycles. The van der Waals surface area contributed by atoms with Crippen LogP contribution in [0.15, 0.2) is 65.5 Å². The minimum absolute atomic E-state index is 0.417. The van der Waals surface area contributed by atoms with Crippen molar-refractivity contribution in [2.75, 3.05) is 10.6 Å². The molecule has 0 unspecified atom stereocenters. The highest BCUT2D eigenvalue weighted by molar-refractivity contribution is 9.10. The normalized spacial score (nSPS) is 10.9. The quantitative estimate of drug-likeness (QED) is 0.274. The number of rotatable bonds is 6. The monoisotopic (exact) mass is 548 g/mol. The molecule has 0 radical (unpaired) electrons. The summed E-state index contributed by atoms with van der Waals surface area (Å²) >= 11 is 21.0. The molecule has 32 heavy (non-hydrogen) atoms. The summed E-state index contributed by atoms with van der Waals surface area (Å²) in [6, 6.07) is 13.9. The van der Waals surface area contributed by atoms with E-state index < -0.39 is 0 Å². The Balaban J connectivity index is 1.35. The van der Waals surface area contributed by atoms with Crippen molar-refractivity contribution in [3.63, 3.8) is 0 Å². The molecule has 2 N–H and O–H groups in total. The topological polar surface area (TPSA) is 59.7 Å². The molecule has 0 spiro atoms. The molecule has 6 nitrogen and oxygen atoms in total. The lowest BCUT2D eigenvalue weighted by Crippen LogP contribution is -2.19. The first-order valence-electron chi connectivity index (χ1n) is 9.68. The van der Waals surface area contributed by atoms with Crippen molar-refractivity contribution in [3.05, 3.63) is 92.3 Å². The van der Waals surface area contributed by atoms with Crippen LogP contribution in [0.4, 0.5) is 11.5 Å². The number of nitrogens with zero attached hydrogens (tertiary/aromatic N) is 4. The molecule has 0 bridgehead atoms. The standard InChI is InChI=1S/C22H19BrCl2N6S/c1-14-2-4-15(5-3-14)10-30-12-17(9-26-30)27-22(32)28-21-18(23)13-31(29-21)11-16-6-7-19(24)20(25)8-16/h2-9,12-13H,10-11H2,1H3,(H2,27,28,29,32). The molecule has 4 aromatic rings. The zero-order valence-corrected chi connectivity index (χ0v) is 20.9. The molecule has 0 saturated heterocycles. The number of nitrogens with one attached hydrogen (secondary N) is 2. The maximum atomic E-state index is 6.10. The van der Waals surface area contributed by atoms with Crippen molar-refractivity contribution in [1.29, 1.82) is 0 Å². The fourth-order valence-corrected chi connectivity index (χ4v) is 4.00. The minimum atomic E-state index is 0.417. The third-order valence-corrected chi connectivity index (χ3v) is 6.16. The van der Waals surface area contributed by atoms with Gasteiger partial charge in [0.1, 0.15) is 0 Å². The van der Waals surface area contributed by atoms with Crippen molar-refractivity contribution in [3.8, 4) is 0 Å². The van der Waals surface area contributed by atoms with Gasteiger partial charge < -0.3 is 10.6 Å². The maximum Gasteiger partial charge on any atom is 0.176 e. The van der Waals surface area contributed by atoms with Crippen LogP contribution >= 0.6 is 51.3 Å². The van der Waals surface area contributed by atoms with Gasteiger partial charge in [-0.15, -0.1) is 0 Å². The van der Waals surface area contributed by atoms with Crippen LogP contribution in [-0.2, 0) is 13.1 Å². The van der Waals surface area contributed by atoms with Gasteiger partial charge in [0.2, 0.25) is 0 Å². The van der Waals surface area contributed by atoms with Crippen LogP contribution in [0.2, 0.25) is 10.0 Å². The number of thiocarbonyl (C=S) groups is 1. The fourth-order valence-electron chi connectivity index (χ4n) is 3.05. The summed E-state index contributed by atoms with van der Waals surface area (Å²) in [4.78, 5) is 0. The van der Waals surface area contributed by atoms with Crippen molar-refractivity contribution in [2.24, 2.45) is 0 Å². The van der Waals surface area contributed by atoms with Crippen LogP contribution in [0.3, 0.4) is 0 Å². The molecule has 164 valence electrons. The first kappa shape index (κ1) is 22.8. The van der Waals surface area contributed by atoms with Crippen LogP contribution in [0.5, 0.6) is 0 Å². The molecule has 4 rings (SSSR count). The molecule has 0 atom stereocenters. The van der Waals surface area contributed by atoms with E-state index in [1.807, 2.05) is 29.2 Å². The number of aryl methyl sites for hydroxylation is 1. The first-order valence-corrected chi connectivity index (χ1v) is 11.6. The zero-order chi connectivity index (χ0) is 22.7. The van der Waals surface area contributed by atoms with Crippen molar-refractivity contribution in [2.45, 2.75) is 20.0 Å². The predicted molar refractivity (Wildman–Crippen MR) is 138 cm³/mol. The average Bonchev–Trinajstić information content (AvgIpc) is 3.32. The second-order valence-electron chi connectivity index (χ2n) is 7.26. The van der Waals surface area contributed by atoms with Crippen LogP contribution in [0.25, 0.3) is 0 Å². The van der Waals surface area contributed by atoms with E-state index in [1.54, 1.807) is 16.9 Å². The second-order valence-corrected chi connectivity index (χ2v) is 9.34. The highest BCUT2D eigenvalue weighted by Gasteiger charge is 2.10. The smallest absolute Gasteiger partial charge is 0.176 e. The second kappa shape index (κ2) is 10.0. The summed E-state index contributed by atoms with van der Waals surface area (Å²) in [5, 5.41) is 16.6. The van der Waals surface area contributed by atoms with Gasteiger partial charge in [0.25, 0.3) is 0 Å². The molecule has 0 amide bonds. The summed E-state index contributed by atoms with van der Waals surface area (Å²) < 4.78 is 4.43. The van der Waals surface area contributed by atoms with E-state index in [2.05, 4.69) is 68.0 Å². The fraction of sp³-hybridized carbons (Fsp3) is 0.136. The molecule has 2 heterocycles. The Labute approximate surface area is 209 Å². The van der Waals surface area contributed by atoms with E-state index in [9.17, 15) is 0 Å². The summed E-state index contributed by atoms with van der Waals surface area (Å²) in [6.45, 7) is 3.30. The van der Waals surface area contributed by atoms with E-state index in [1.165, 1.54) is 11.1 Å². The SMILES string of the molecule is Cc1ccc(Cn2cc(NC(=S)Nc3nn(Cc4ccc(Cl)c(Cl)c4)cc3Br)cn2)cc1. The van der Waals surface area contributed by atoms with Crippen molar-refractivity contribution < 1.29 is 0 Å². The van der Waals surface area contributed by atoms with Crippen LogP contribution < -0.4 is 10.6 Å². The average molecular weight is 550 g/mol. The van der Waals surface area contributed by atoms with E-state index in [4.69, 9.17) is 35.4 Å². The van der Waals surface area contributed by atoms with Gasteiger partial charge in [0.15, 0.2) is 10.9 Å². The van der Waals surface area contributed by atoms with Gasteiger partial charge >= 0.3 is 0 Å². The maximum absolute atomic E-state index is 6.10. The van der Waals surface area contributed by atoms with Gasteiger partial charge in [0, 0.05) is 12.4 Å². The summed E-state index contributed by atoms with van der Waals surface area (Å²) in [5.41, 5.74) is 4.20. The van der Waals surface area contributed by atoms with Gasteiger partial charge in [-0.2, -0.15) is 10.2 Å². The zero-order valence-electron chi connectivity index (χ0n) is 17.0. The Hall–Kier alpha value is -2.39. The largest absolute Gasteiger partial charge is 0.330 e. The van der Waals surface area contributed by atoms with E-state index >= 15 is 0 Å². The summed E-state index contributed by atoms with van der Waals surface area (Å²) in [7, 11) is 0. The van der Waals surface area contributed by atoms with Crippen LogP contribution in [-0.4, -0.2) is 24.7 Å². The van der Waals surface area contributed by atoms with E-state index in [-0.39, 0.29) is 0 Å². The Morgan fingerprint density at radius 2 is 1.69 bits per heavy atom. The molecular weight excluding hydrogens is 531 g/mol. The molecule has 2 aromatic heterocycles. The van der Waals surface area contributed by atoms with Gasteiger partial charge in [-0.3, -0.25) is 9.36 Å². The molecule has 10 heteroatoms. The van der Waals surface area contributed by atoms with Gasteiger partial charge in [0.05, 0.1) is 39.5 Å². The third-order valence-electron chi connectivity index (χ3n) is 4.63. The van der Waals surface area contributed by atoms with Gasteiger partial charge in [-0.1, -0.05) is 59.1 Å². The number of aromatic nitrogens is 4. The summed E-state index contributed by atoms with van der Waals surface area (Å²) in [6.07, 6.45) is 5.51. The number of benzene rings is 2.